The molecule has 0 aliphatic heterocycles. The van der Waals surface area contributed by atoms with Gasteiger partial charge in [0.15, 0.2) is 0 Å². The lowest BCUT2D eigenvalue weighted by molar-refractivity contribution is 0.139. The zero-order valence-electron chi connectivity index (χ0n) is 12.4. The van der Waals surface area contributed by atoms with Crippen LogP contribution in [0.4, 0.5) is 4.39 Å². The Morgan fingerprint density at radius 2 is 2.19 bits per heavy atom. The van der Waals surface area contributed by atoms with Crippen molar-refractivity contribution >= 4 is 0 Å². The van der Waals surface area contributed by atoms with Crippen LogP contribution in [0.25, 0.3) is 0 Å². The van der Waals surface area contributed by atoms with E-state index in [1.165, 1.54) is 18.9 Å². The summed E-state index contributed by atoms with van der Waals surface area (Å²) in [7, 11) is 1.70. The summed E-state index contributed by atoms with van der Waals surface area (Å²) in [4.78, 5) is 2.34. The predicted octanol–water partition coefficient (Wildman–Crippen LogP) is 2.17. The van der Waals surface area contributed by atoms with E-state index in [-0.39, 0.29) is 12.4 Å². The number of benzene rings is 1. The van der Waals surface area contributed by atoms with Gasteiger partial charge in [-0.3, -0.25) is 4.90 Å². The fraction of sp³-hybridized carbons (Fsp3) is 0.529. The Morgan fingerprint density at radius 1 is 1.38 bits per heavy atom. The number of ether oxygens (including phenoxy) is 1. The molecule has 4 heteroatoms. The number of nitrogens with zero attached hydrogens (tertiary/aromatic N) is 1. The molecule has 1 aromatic rings. The summed E-state index contributed by atoms with van der Waals surface area (Å²) in [5.74, 6) is 5.46. The van der Waals surface area contributed by atoms with E-state index in [0.29, 0.717) is 24.6 Å². The Hall–Kier alpha value is -1.41. The van der Waals surface area contributed by atoms with Gasteiger partial charge in [0, 0.05) is 38.2 Å². The van der Waals surface area contributed by atoms with Gasteiger partial charge < -0.3 is 9.84 Å². The van der Waals surface area contributed by atoms with E-state index >= 15 is 0 Å². The first-order valence-electron chi connectivity index (χ1n) is 7.35. The van der Waals surface area contributed by atoms with Crippen LogP contribution < -0.4 is 0 Å². The first kappa shape index (κ1) is 16.0. The highest BCUT2D eigenvalue weighted by Crippen LogP contribution is 2.28. The smallest absolute Gasteiger partial charge is 0.124 e. The molecule has 1 fully saturated rings. The second kappa shape index (κ2) is 8.14. The molecule has 0 aromatic heterocycles. The van der Waals surface area contributed by atoms with Gasteiger partial charge in [-0.15, -0.1) is 0 Å². The summed E-state index contributed by atoms with van der Waals surface area (Å²) in [6, 6.07) is 5.53. The first-order chi connectivity index (χ1) is 10.2. The number of methoxy groups -OCH3 is 1. The van der Waals surface area contributed by atoms with Crippen LogP contribution in [0.5, 0.6) is 0 Å². The van der Waals surface area contributed by atoms with Crippen molar-refractivity contribution in [2.45, 2.75) is 31.8 Å². The van der Waals surface area contributed by atoms with E-state index in [4.69, 9.17) is 9.84 Å². The van der Waals surface area contributed by atoms with Crippen molar-refractivity contribution in [3.63, 3.8) is 0 Å². The van der Waals surface area contributed by atoms with Gasteiger partial charge in [0.2, 0.25) is 0 Å². The number of rotatable bonds is 7. The van der Waals surface area contributed by atoms with Crippen LogP contribution in [0, 0.1) is 17.7 Å². The molecule has 114 valence electrons. The maximum absolute atomic E-state index is 13.7. The Balaban J connectivity index is 2.06. The van der Waals surface area contributed by atoms with Crippen molar-refractivity contribution in [1.29, 1.82) is 0 Å². The molecule has 0 saturated heterocycles. The molecule has 0 atom stereocenters. The minimum absolute atomic E-state index is 0.0294. The maximum atomic E-state index is 13.7. The molecule has 21 heavy (non-hydrogen) atoms. The predicted molar refractivity (Wildman–Crippen MR) is 80.3 cm³/mol. The normalized spacial score (nSPS) is 14.1. The largest absolute Gasteiger partial charge is 0.395 e. The van der Waals surface area contributed by atoms with E-state index in [2.05, 4.69) is 16.7 Å². The van der Waals surface area contributed by atoms with Crippen molar-refractivity contribution in [2.75, 3.05) is 26.9 Å². The minimum Gasteiger partial charge on any atom is -0.395 e. The molecule has 0 spiro atoms. The zero-order valence-corrected chi connectivity index (χ0v) is 12.4. The molecule has 1 N–H and O–H groups in total. The molecule has 1 saturated carbocycles. The maximum Gasteiger partial charge on any atom is 0.124 e. The lowest BCUT2D eigenvalue weighted by atomic mass is 10.1. The van der Waals surface area contributed by atoms with Crippen molar-refractivity contribution in [1.82, 2.24) is 4.90 Å². The van der Waals surface area contributed by atoms with Gasteiger partial charge >= 0.3 is 0 Å². The molecule has 0 radical (unpaired) electrons. The van der Waals surface area contributed by atoms with Gasteiger partial charge in [0.05, 0.1) is 13.2 Å². The van der Waals surface area contributed by atoms with Crippen LogP contribution in [0.3, 0.4) is 0 Å². The molecule has 0 heterocycles. The van der Waals surface area contributed by atoms with Crippen molar-refractivity contribution < 1.29 is 14.2 Å². The highest BCUT2D eigenvalue weighted by Gasteiger charge is 2.28. The second-order valence-electron chi connectivity index (χ2n) is 5.32. The van der Waals surface area contributed by atoms with Gasteiger partial charge in [0.1, 0.15) is 5.82 Å². The van der Waals surface area contributed by atoms with Crippen molar-refractivity contribution in [3.05, 3.63) is 35.1 Å². The second-order valence-corrected chi connectivity index (χ2v) is 5.32. The summed E-state index contributed by atoms with van der Waals surface area (Å²) in [6.07, 6.45) is 2.83. The average molecular weight is 291 g/mol. The molecule has 3 nitrogen and oxygen atoms in total. The molecule has 1 aromatic carbocycles. The standard InChI is InChI=1S/C17H22FNO2/c1-21-9-7-19(17-5-6-17)13-15-10-14(4-2-3-8-20)11-16(18)12-15/h10-12,17,20H,3,5-9,13H2,1H3. The Bertz CT molecular complexity index is 517. The van der Waals surface area contributed by atoms with E-state index in [0.717, 1.165) is 18.7 Å². The minimum atomic E-state index is -0.261. The average Bonchev–Trinajstić information content (AvgIpc) is 3.28. The quantitative estimate of drug-likeness (QED) is 0.782. The molecule has 0 bridgehead atoms. The lowest BCUT2D eigenvalue weighted by Crippen LogP contribution is -2.29. The molecule has 1 aliphatic rings. The highest BCUT2D eigenvalue weighted by molar-refractivity contribution is 5.37. The summed E-state index contributed by atoms with van der Waals surface area (Å²) >= 11 is 0. The van der Waals surface area contributed by atoms with Crippen LogP contribution in [0.15, 0.2) is 18.2 Å². The summed E-state index contributed by atoms with van der Waals surface area (Å²) < 4.78 is 18.8. The molecular weight excluding hydrogens is 269 g/mol. The van der Waals surface area contributed by atoms with Gasteiger partial charge in [-0.1, -0.05) is 11.8 Å². The zero-order chi connectivity index (χ0) is 15.1. The van der Waals surface area contributed by atoms with Gasteiger partial charge in [-0.25, -0.2) is 4.39 Å². The summed E-state index contributed by atoms with van der Waals surface area (Å²) in [5.41, 5.74) is 1.60. The van der Waals surface area contributed by atoms with Gasteiger partial charge in [-0.2, -0.15) is 0 Å². The van der Waals surface area contributed by atoms with Crippen LogP contribution >= 0.6 is 0 Å². The molecule has 1 aliphatic carbocycles. The Kier molecular flexibility index (Phi) is 6.19. The van der Waals surface area contributed by atoms with E-state index in [1.807, 2.05) is 6.07 Å². The highest BCUT2D eigenvalue weighted by atomic mass is 19.1. The molecule has 0 amide bonds. The number of hydrogen-bond donors (Lipinski definition) is 1. The monoisotopic (exact) mass is 291 g/mol. The Labute approximate surface area is 125 Å². The number of aliphatic hydroxyl groups excluding tert-OH is 1. The van der Waals surface area contributed by atoms with Crippen molar-refractivity contribution in [3.8, 4) is 11.8 Å². The topological polar surface area (TPSA) is 32.7 Å². The molecule has 2 rings (SSSR count). The lowest BCUT2D eigenvalue weighted by Gasteiger charge is -2.21. The SMILES string of the molecule is COCCN(Cc1cc(F)cc(C#CCCO)c1)C1CC1. The van der Waals surface area contributed by atoms with E-state index < -0.39 is 0 Å². The van der Waals surface area contributed by atoms with Crippen LogP contribution in [0.2, 0.25) is 0 Å². The Morgan fingerprint density at radius 3 is 2.86 bits per heavy atom. The van der Waals surface area contributed by atoms with E-state index in [9.17, 15) is 4.39 Å². The summed E-state index contributed by atoms with van der Waals surface area (Å²) in [6.45, 7) is 2.31. The summed E-state index contributed by atoms with van der Waals surface area (Å²) in [5, 5.41) is 8.73. The third kappa shape index (κ3) is 5.47. The molecular formula is C17H22FNO2. The number of hydrogen-bond acceptors (Lipinski definition) is 3. The number of halogens is 1. The van der Waals surface area contributed by atoms with Gasteiger partial charge in [-0.05, 0) is 36.6 Å². The first-order valence-corrected chi connectivity index (χ1v) is 7.35. The van der Waals surface area contributed by atoms with Crippen LogP contribution in [0.1, 0.15) is 30.4 Å². The van der Waals surface area contributed by atoms with Crippen LogP contribution in [-0.2, 0) is 11.3 Å². The van der Waals surface area contributed by atoms with Crippen LogP contribution in [-0.4, -0.2) is 42.9 Å². The van der Waals surface area contributed by atoms with E-state index in [1.54, 1.807) is 13.2 Å². The fourth-order valence-electron chi connectivity index (χ4n) is 2.31. The number of aliphatic hydroxyl groups is 1. The van der Waals surface area contributed by atoms with Gasteiger partial charge in [0.25, 0.3) is 0 Å². The third-order valence-electron chi connectivity index (χ3n) is 3.46. The third-order valence-corrected chi connectivity index (χ3v) is 3.46. The van der Waals surface area contributed by atoms with Crippen molar-refractivity contribution in [2.24, 2.45) is 0 Å². The fourth-order valence-corrected chi connectivity index (χ4v) is 2.31. The molecule has 0 unspecified atom stereocenters.